The normalized spacial score (nSPS) is 17.0. The summed E-state index contributed by atoms with van der Waals surface area (Å²) in [6, 6.07) is 7.75. The first-order valence-electron chi connectivity index (χ1n) is 8.97. The number of rotatable bonds is 6. The van der Waals surface area contributed by atoms with Gasteiger partial charge >= 0.3 is 6.18 Å². The summed E-state index contributed by atoms with van der Waals surface area (Å²) in [5.41, 5.74) is 0.242. The summed E-state index contributed by atoms with van der Waals surface area (Å²) in [5.74, 6) is 0.278. The Hall–Kier alpha value is -2.61. The maximum Gasteiger partial charge on any atom is 0.416 e. The van der Waals surface area contributed by atoms with Crippen molar-refractivity contribution in [3.05, 3.63) is 59.4 Å². The zero-order chi connectivity index (χ0) is 20.1. The number of halogens is 3. The molecule has 1 fully saturated rings. The van der Waals surface area contributed by atoms with E-state index in [4.69, 9.17) is 9.84 Å². The minimum absolute atomic E-state index is 0.0434. The van der Waals surface area contributed by atoms with E-state index in [1.807, 2.05) is 0 Å². The summed E-state index contributed by atoms with van der Waals surface area (Å²) in [6.45, 7) is 0.697. The van der Waals surface area contributed by atoms with E-state index in [9.17, 15) is 18.0 Å². The van der Waals surface area contributed by atoms with Gasteiger partial charge in [0.15, 0.2) is 6.61 Å². The SMILES string of the molecule is O=C(COc1ccc(CO)cc1)N1CC[C@H](Cc2cnccc2C(F)(F)F)C1. The summed E-state index contributed by atoms with van der Waals surface area (Å²) < 4.78 is 44.8. The third-order valence-electron chi connectivity index (χ3n) is 4.82. The Balaban J connectivity index is 1.53. The molecule has 1 atom stereocenters. The Morgan fingerprint density at radius 2 is 2.00 bits per heavy atom. The zero-order valence-electron chi connectivity index (χ0n) is 15.2. The lowest BCUT2D eigenvalue weighted by Crippen LogP contribution is -2.33. The molecule has 0 unspecified atom stereocenters. The maximum atomic E-state index is 13.1. The lowest BCUT2D eigenvalue weighted by Gasteiger charge is -2.18. The molecular formula is C20H21F3N2O3. The quantitative estimate of drug-likeness (QED) is 0.818. The number of amides is 1. The number of aliphatic hydroxyl groups excluding tert-OH is 1. The number of carbonyl (C=O) groups is 1. The van der Waals surface area contributed by atoms with Crippen LogP contribution in [0.3, 0.4) is 0 Å². The molecule has 1 aliphatic heterocycles. The smallest absolute Gasteiger partial charge is 0.416 e. The first-order chi connectivity index (χ1) is 13.4. The summed E-state index contributed by atoms with van der Waals surface area (Å²) in [4.78, 5) is 17.8. The molecular weight excluding hydrogens is 373 g/mol. The van der Waals surface area contributed by atoms with Gasteiger partial charge in [-0.1, -0.05) is 12.1 Å². The number of likely N-dealkylation sites (tertiary alicyclic amines) is 1. The molecule has 1 N–H and O–H groups in total. The molecule has 2 aromatic rings. The molecule has 1 saturated heterocycles. The number of hydrogen-bond acceptors (Lipinski definition) is 4. The number of hydrogen-bond donors (Lipinski definition) is 1. The van der Waals surface area contributed by atoms with Crippen LogP contribution in [-0.4, -0.2) is 40.6 Å². The molecule has 5 nitrogen and oxygen atoms in total. The van der Waals surface area contributed by atoms with Crippen LogP contribution < -0.4 is 4.74 Å². The molecule has 2 heterocycles. The van der Waals surface area contributed by atoms with Crippen LogP contribution in [0.25, 0.3) is 0 Å². The van der Waals surface area contributed by atoms with E-state index in [-0.39, 0.29) is 37.0 Å². The second-order valence-electron chi connectivity index (χ2n) is 6.82. The van der Waals surface area contributed by atoms with Gasteiger partial charge in [-0.2, -0.15) is 13.2 Å². The third-order valence-corrected chi connectivity index (χ3v) is 4.82. The van der Waals surface area contributed by atoms with Crippen molar-refractivity contribution < 1.29 is 27.8 Å². The topological polar surface area (TPSA) is 62.7 Å². The molecule has 0 spiro atoms. The molecule has 1 amide bonds. The second-order valence-corrected chi connectivity index (χ2v) is 6.82. The standard InChI is InChI=1S/C20H21F3N2O3/c21-20(22,23)18-5-7-24-10-16(18)9-15-6-8-25(11-15)19(27)13-28-17-3-1-14(12-26)2-4-17/h1-5,7,10,15,26H,6,8-9,11-13H2/t15-/m1/s1. The highest BCUT2D eigenvalue weighted by Crippen LogP contribution is 2.33. The van der Waals surface area contributed by atoms with E-state index in [2.05, 4.69) is 4.98 Å². The first kappa shape index (κ1) is 20.1. The molecule has 0 radical (unpaired) electrons. The van der Waals surface area contributed by atoms with Crippen LogP contribution in [0.2, 0.25) is 0 Å². The molecule has 0 bridgehead atoms. The van der Waals surface area contributed by atoms with Gasteiger partial charge in [-0.15, -0.1) is 0 Å². The van der Waals surface area contributed by atoms with Crippen molar-refractivity contribution in [2.75, 3.05) is 19.7 Å². The first-order valence-corrected chi connectivity index (χ1v) is 8.97. The Kier molecular flexibility index (Phi) is 6.18. The molecule has 0 aliphatic carbocycles. The predicted molar refractivity (Wildman–Crippen MR) is 95.5 cm³/mol. The zero-order valence-corrected chi connectivity index (χ0v) is 15.2. The molecule has 8 heteroatoms. The van der Waals surface area contributed by atoms with Gasteiger partial charge in [0.05, 0.1) is 12.2 Å². The molecule has 0 saturated carbocycles. The van der Waals surface area contributed by atoms with Crippen molar-refractivity contribution in [3.8, 4) is 5.75 Å². The monoisotopic (exact) mass is 394 g/mol. The number of nitrogens with zero attached hydrogens (tertiary/aromatic N) is 2. The van der Waals surface area contributed by atoms with E-state index in [1.54, 1.807) is 29.2 Å². The summed E-state index contributed by atoms with van der Waals surface area (Å²) in [6.07, 6.45) is -1.14. The van der Waals surface area contributed by atoms with Gasteiger partial charge in [-0.05, 0) is 48.1 Å². The largest absolute Gasteiger partial charge is 0.484 e. The van der Waals surface area contributed by atoms with Crippen LogP contribution in [-0.2, 0) is 24.0 Å². The molecule has 150 valence electrons. The fourth-order valence-electron chi connectivity index (χ4n) is 3.33. The van der Waals surface area contributed by atoms with Gasteiger partial charge in [0.2, 0.25) is 0 Å². The van der Waals surface area contributed by atoms with Crippen molar-refractivity contribution in [3.63, 3.8) is 0 Å². The Labute approximate surface area is 160 Å². The fraction of sp³-hybridized carbons (Fsp3) is 0.400. The summed E-state index contributed by atoms with van der Waals surface area (Å²) in [5, 5.41) is 9.01. The molecule has 1 aliphatic rings. The van der Waals surface area contributed by atoms with E-state index in [1.165, 1.54) is 6.20 Å². The molecule has 3 rings (SSSR count). The highest BCUT2D eigenvalue weighted by Gasteiger charge is 2.35. The minimum Gasteiger partial charge on any atom is -0.484 e. The number of ether oxygens (including phenoxy) is 1. The minimum atomic E-state index is -4.41. The number of benzene rings is 1. The van der Waals surface area contributed by atoms with Crippen molar-refractivity contribution >= 4 is 5.91 Å². The van der Waals surface area contributed by atoms with Gasteiger partial charge in [0.1, 0.15) is 5.75 Å². The van der Waals surface area contributed by atoms with E-state index < -0.39 is 11.7 Å². The number of alkyl halides is 3. The Morgan fingerprint density at radius 1 is 1.25 bits per heavy atom. The Morgan fingerprint density at radius 3 is 2.68 bits per heavy atom. The van der Waals surface area contributed by atoms with Crippen LogP contribution in [0.4, 0.5) is 13.2 Å². The van der Waals surface area contributed by atoms with Crippen molar-refractivity contribution in [1.29, 1.82) is 0 Å². The van der Waals surface area contributed by atoms with E-state index in [0.29, 0.717) is 25.3 Å². The molecule has 28 heavy (non-hydrogen) atoms. The van der Waals surface area contributed by atoms with Crippen LogP contribution in [0.15, 0.2) is 42.7 Å². The summed E-state index contributed by atoms with van der Waals surface area (Å²) in [7, 11) is 0. The van der Waals surface area contributed by atoms with Crippen LogP contribution in [0.1, 0.15) is 23.1 Å². The lowest BCUT2D eigenvalue weighted by molar-refractivity contribution is -0.138. The number of aromatic nitrogens is 1. The van der Waals surface area contributed by atoms with Gasteiger partial charge in [0, 0.05) is 25.5 Å². The van der Waals surface area contributed by atoms with Gasteiger partial charge in [-0.25, -0.2) is 0 Å². The van der Waals surface area contributed by atoms with Gasteiger partial charge in [-0.3, -0.25) is 9.78 Å². The van der Waals surface area contributed by atoms with Gasteiger partial charge in [0.25, 0.3) is 5.91 Å². The summed E-state index contributed by atoms with van der Waals surface area (Å²) >= 11 is 0. The fourth-order valence-corrected chi connectivity index (χ4v) is 3.33. The Bertz CT molecular complexity index is 809. The number of pyridine rings is 1. The van der Waals surface area contributed by atoms with E-state index in [0.717, 1.165) is 17.8 Å². The van der Waals surface area contributed by atoms with Crippen LogP contribution in [0.5, 0.6) is 5.75 Å². The highest BCUT2D eigenvalue weighted by molar-refractivity contribution is 5.78. The van der Waals surface area contributed by atoms with Gasteiger partial charge < -0.3 is 14.7 Å². The molecule has 1 aromatic carbocycles. The van der Waals surface area contributed by atoms with Crippen LogP contribution in [0, 0.1) is 5.92 Å². The highest BCUT2D eigenvalue weighted by atomic mass is 19.4. The van der Waals surface area contributed by atoms with Crippen molar-refractivity contribution in [1.82, 2.24) is 9.88 Å². The number of aliphatic hydroxyl groups is 1. The van der Waals surface area contributed by atoms with Crippen LogP contribution >= 0.6 is 0 Å². The third kappa shape index (κ3) is 5.01. The average Bonchev–Trinajstić information content (AvgIpc) is 3.14. The van der Waals surface area contributed by atoms with E-state index >= 15 is 0 Å². The van der Waals surface area contributed by atoms with Crippen molar-refractivity contribution in [2.24, 2.45) is 5.92 Å². The molecule has 1 aromatic heterocycles. The predicted octanol–water partition coefficient (Wildman–Crippen LogP) is 3.06. The van der Waals surface area contributed by atoms with Crippen molar-refractivity contribution in [2.45, 2.75) is 25.6 Å². The average molecular weight is 394 g/mol. The second kappa shape index (κ2) is 8.60. The number of carbonyl (C=O) groups excluding carboxylic acids is 1. The lowest BCUT2D eigenvalue weighted by atomic mass is 9.96. The maximum absolute atomic E-state index is 13.1.